The predicted molar refractivity (Wildman–Crippen MR) is 111 cm³/mol. The molecular weight excluding hydrogens is 383 g/mol. The number of phenolic OH excluding ortho intramolecular Hbond substituents is 1. The van der Waals surface area contributed by atoms with Crippen LogP contribution in [-0.2, 0) is 11.2 Å². The molecule has 2 aliphatic rings. The normalized spacial score (nSPS) is 21.4. The second kappa shape index (κ2) is 9.02. The lowest BCUT2D eigenvalue weighted by molar-refractivity contribution is -0.136. The maximum atomic E-state index is 12.9. The molecule has 2 heterocycles. The summed E-state index contributed by atoms with van der Waals surface area (Å²) in [6, 6.07) is 4.01. The van der Waals surface area contributed by atoms with Crippen molar-refractivity contribution in [1.82, 2.24) is 9.80 Å². The SMILES string of the molecule is CC1CCN(C2CCN(C(=O)[C@H](C)Cc3cc(Cl)c(O)c(Cl)c3)CC2)CC1. The fraction of sp³-hybridized carbons (Fsp3) is 0.667. The van der Waals surface area contributed by atoms with Crippen molar-refractivity contribution in [3.05, 3.63) is 27.7 Å². The summed E-state index contributed by atoms with van der Waals surface area (Å²) in [4.78, 5) is 17.5. The number of hydrogen-bond acceptors (Lipinski definition) is 3. The maximum absolute atomic E-state index is 12.9. The summed E-state index contributed by atoms with van der Waals surface area (Å²) in [6.07, 6.45) is 5.32. The first kappa shape index (κ1) is 20.8. The molecule has 150 valence electrons. The van der Waals surface area contributed by atoms with Gasteiger partial charge in [-0.1, -0.05) is 37.0 Å². The smallest absolute Gasteiger partial charge is 0.225 e. The molecule has 0 radical (unpaired) electrons. The molecule has 2 aliphatic heterocycles. The van der Waals surface area contributed by atoms with Crippen molar-refractivity contribution in [2.75, 3.05) is 26.2 Å². The van der Waals surface area contributed by atoms with E-state index in [1.807, 2.05) is 11.8 Å². The van der Waals surface area contributed by atoms with Crippen molar-refractivity contribution in [2.45, 2.75) is 52.0 Å². The number of likely N-dealkylation sites (tertiary alicyclic amines) is 2. The minimum atomic E-state index is -0.130. The fourth-order valence-corrected chi connectivity index (χ4v) is 4.87. The summed E-state index contributed by atoms with van der Waals surface area (Å²) in [5, 5.41) is 10.1. The Morgan fingerprint density at radius 1 is 1.11 bits per heavy atom. The molecule has 4 nitrogen and oxygen atoms in total. The maximum Gasteiger partial charge on any atom is 0.225 e. The molecule has 1 N–H and O–H groups in total. The monoisotopic (exact) mass is 412 g/mol. The predicted octanol–water partition coefficient (Wildman–Crippen LogP) is 4.60. The minimum Gasteiger partial charge on any atom is -0.505 e. The van der Waals surface area contributed by atoms with Gasteiger partial charge in [-0.05, 0) is 68.8 Å². The molecule has 2 fully saturated rings. The average Bonchev–Trinajstić information content (AvgIpc) is 2.66. The third-order valence-corrected chi connectivity index (χ3v) is 6.73. The van der Waals surface area contributed by atoms with Crippen LogP contribution in [0.25, 0.3) is 0 Å². The molecule has 27 heavy (non-hydrogen) atoms. The first-order valence-corrected chi connectivity index (χ1v) is 10.8. The quantitative estimate of drug-likeness (QED) is 0.785. The van der Waals surface area contributed by atoms with E-state index >= 15 is 0 Å². The highest BCUT2D eigenvalue weighted by Gasteiger charge is 2.30. The Morgan fingerprint density at radius 2 is 1.67 bits per heavy atom. The third-order valence-electron chi connectivity index (χ3n) is 6.15. The summed E-state index contributed by atoms with van der Waals surface area (Å²) in [7, 11) is 0. The first-order chi connectivity index (χ1) is 12.8. The third kappa shape index (κ3) is 5.10. The number of rotatable bonds is 4. The van der Waals surface area contributed by atoms with E-state index in [4.69, 9.17) is 23.2 Å². The van der Waals surface area contributed by atoms with Crippen LogP contribution in [0, 0.1) is 11.8 Å². The van der Waals surface area contributed by atoms with Gasteiger partial charge in [0.25, 0.3) is 0 Å². The van der Waals surface area contributed by atoms with Crippen LogP contribution >= 0.6 is 23.2 Å². The Balaban J connectivity index is 1.51. The lowest BCUT2D eigenvalue weighted by Gasteiger charge is -2.41. The van der Waals surface area contributed by atoms with Gasteiger partial charge < -0.3 is 14.9 Å². The summed E-state index contributed by atoms with van der Waals surface area (Å²) in [5.74, 6) is 0.816. The van der Waals surface area contributed by atoms with E-state index in [1.54, 1.807) is 12.1 Å². The zero-order chi connectivity index (χ0) is 19.6. The Morgan fingerprint density at radius 3 is 2.22 bits per heavy atom. The van der Waals surface area contributed by atoms with Crippen molar-refractivity contribution < 1.29 is 9.90 Å². The number of benzene rings is 1. The number of aromatic hydroxyl groups is 1. The molecule has 3 rings (SSSR count). The van der Waals surface area contributed by atoms with E-state index in [2.05, 4.69) is 11.8 Å². The number of halogens is 2. The van der Waals surface area contributed by atoms with Gasteiger partial charge in [0.2, 0.25) is 5.91 Å². The van der Waals surface area contributed by atoms with Crippen LogP contribution in [0.3, 0.4) is 0 Å². The number of carbonyl (C=O) groups excluding carboxylic acids is 1. The molecule has 0 aliphatic carbocycles. The zero-order valence-electron chi connectivity index (χ0n) is 16.3. The highest BCUT2D eigenvalue weighted by Crippen LogP contribution is 2.33. The van der Waals surface area contributed by atoms with E-state index in [1.165, 1.54) is 25.9 Å². The van der Waals surface area contributed by atoms with Gasteiger partial charge in [-0.25, -0.2) is 0 Å². The van der Waals surface area contributed by atoms with Crippen molar-refractivity contribution in [1.29, 1.82) is 0 Å². The average molecular weight is 413 g/mol. The second-order valence-electron chi connectivity index (χ2n) is 8.29. The van der Waals surface area contributed by atoms with Crippen LogP contribution in [0.1, 0.15) is 45.1 Å². The van der Waals surface area contributed by atoms with Crippen molar-refractivity contribution in [3.63, 3.8) is 0 Å². The summed E-state index contributed by atoms with van der Waals surface area (Å²) >= 11 is 12.0. The fourth-order valence-electron chi connectivity index (χ4n) is 4.33. The van der Waals surface area contributed by atoms with Crippen LogP contribution in [0.5, 0.6) is 5.75 Å². The minimum absolute atomic E-state index is 0.102. The molecule has 0 bridgehead atoms. The van der Waals surface area contributed by atoms with Crippen LogP contribution in [0.4, 0.5) is 0 Å². The molecule has 0 saturated carbocycles. The largest absolute Gasteiger partial charge is 0.505 e. The van der Waals surface area contributed by atoms with E-state index in [9.17, 15) is 9.90 Å². The molecule has 0 aromatic heterocycles. The van der Waals surface area contributed by atoms with Gasteiger partial charge in [-0.2, -0.15) is 0 Å². The number of nitrogens with zero attached hydrogens (tertiary/aromatic N) is 2. The summed E-state index contributed by atoms with van der Waals surface area (Å²) < 4.78 is 0. The molecule has 0 spiro atoms. The van der Waals surface area contributed by atoms with Gasteiger partial charge in [0.15, 0.2) is 5.75 Å². The topological polar surface area (TPSA) is 43.8 Å². The van der Waals surface area contributed by atoms with Crippen LogP contribution in [-0.4, -0.2) is 53.0 Å². The van der Waals surface area contributed by atoms with Gasteiger partial charge >= 0.3 is 0 Å². The zero-order valence-corrected chi connectivity index (χ0v) is 17.8. The second-order valence-corrected chi connectivity index (χ2v) is 9.10. The van der Waals surface area contributed by atoms with Crippen molar-refractivity contribution >= 4 is 29.1 Å². The van der Waals surface area contributed by atoms with E-state index in [0.29, 0.717) is 12.5 Å². The number of phenols is 1. The molecule has 1 atom stereocenters. The van der Waals surface area contributed by atoms with Gasteiger partial charge in [-0.3, -0.25) is 4.79 Å². The number of piperidine rings is 2. The Bertz CT molecular complexity index is 643. The first-order valence-electron chi connectivity index (χ1n) is 10.0. The highest BCUT2D eigenvalue weighted by molar-refractivity contribution is 6.37. The lowest BCUT2D eigenvalue weighted by Crippen LogP contribution is -2.49. The van der Waals surface area contributed by atoms with Gasteiger partial charge in [0.1, 0.15) is 0 Å². The number of amides is 1. The molecule has 1 aromatic rings. The summed E-state index contributed by atoms with van der Waals surface area (Å²) in [5.41, 5.74) is 0.876. The lowest BCUT2D eigenvalue weighted by atomic mass is 9.94. The van der Waals surface area contributed by atoms with E-state index in [-0.39, 0.29) is 27.6 Å². The Hall–Kier alpha value is -0.970. The van der Waals surface area contributed by atoms with Crippen LogP contribution < -0.4 is 0 Å². The molecule has 2 saturated heterocycles. The van der Waals surface area contributed by atoms with Crippen molar-refractivity contribution in [3.8, 4) is 5.75 Å². The van der Waals surface area contributed by atoms with E-state index < -0.39 is 0 Å². The molecule has 6 heteroatoms. The van der Waals surface area contributed by atoms with Gasteiger partial charge in [0.05, 0.1) is 10.0 Å². The Labute approximate surface area is 172 Å². The molecule has 1 aromatic carbocycles. The molecule has 1 amide bonds. The van der Waals surface area contributed by atoms with Crippen molar-refractivity contribution in [2.24, 2.45) is 11.8 Å². The van der Waals surface area contributed by atoms with Gasteiger partial charge in [-0.15, -0.1) is 0 Å². The molecule has 0 unspecified atom stereocenters. The van der Waals surface area contributed by atoms with Gasteiger partial charge in [0, 0.05) is 25.0 Å². The molecular formula is C21H30Cl2N2O2. The number of hydrogen-bond donors (Lipinski definition) is 1. The summed E-state index contributed by atoms with van der Waals surface area (Å²) in [6.45, 7) is 8.40. The number of carbonyl (C=O) groups is 1. The van der Waals surface area contributed by atoms with E-state index in [0.717, 1.165) is 37.4 Å². The Kier molecular flexibility index (Phi) is 6.93. The van der Waals surface area contributed by atoms with Crippen LogP contribution in [0.15, 0.2) is 12.1 Å². The highest BCUT2D eigenvalue weighted by atomic mass is 35.5. The van der Waals surface area contributed by atoms with Crippen LogP contribution in [0.2, 0.25) is 10.0 Å². The standard InChI is InChI=1S/C21H30Cl2N2O2/c1-14-3-7-24(8-4-14)17-5-9-25(10-6-17)21(27)15(2)11-16-12-18(22)20(26)19(23)13-16/h12-15,17,26H,3-11H2,1-2H3/t15-/m1/s1.